The molecule has 1 aromatic rings. The Labute approximate surface area is 138 Å². The first-order valence-electron chi connectivity index (χ1n) is 7.89. The predicted octanol–water partition coefficient (Wildman–Crippen LogP) is 2.75. The maximum atomic E-state index is 12.1. The quantitative estimate of drug-likeness (QED) is 0.883. The van der Waals surface area contributed by atoms with Crippen molar-refractivity contribution in [3.63, 3.8) is 0 Å². The van der Waals surface area contributed by atoms with Crippen molar-refractivity contribution in [2.75, 3.05) is 25.1 Å². The standard InChI is InChI=1S/C16H20F2N2O4/c17-14(18)24-13-3-1-11(2-4-13)19-15(21)20-12-5-7-23-16(9-12)6-8-22-10-16/h1-4,12,14H,5-10H2,(H2,19,20,21)/t12-,16+/m0/s1. The van der Waals surface area contributed by atoms with Gasteiger partial charge in [-0.3, -0.25) is 0 Å². The summed E-state index contributed by atoms with van der Waals surface area (Å²) in [5.41, 5.74) is 0.227. The summed E-state index contributed by atoms with van der Waals surface area (Å²) in [6, 6.07) is 5.45. The van der Waals surface area contributed by atoms with Crippen LogP contribution in [0, 0.1) is 0 Å². The van der Waals surface area contributed by atoms with E-state index in [0.29, 0.717) is 25.5 Å². The highest BCUT2D eigenvalue weighted by atomic mass is 19.3. The van der Waals surface area contributed by atoms with Gasteiger partial charge >= 0.3 is 12.6 Å². The van der Waals surface area contributed by atoms with Crippen LogP contribution < -0.4 is 15.4 Å². The van der Waals surface area contributed by atoms with Crippen LogP contribution >= 0.6 is 0 Å². The number of alkyl halides is 2. The summed E-state index contributed by atoms with van der Waals surface area (Å²) in [6.07, 6.45) is 2.32. The third-order valence-electron chi connectivity index (χ3n) is 4.23. The minimum Gasteiger partial charge on any atom is -0.435 e. The Kier molecular flexibility index (Phi) is 5.15. The van der Waals surface area contributed by atoms with Gasteiger partial charge in [-0.15, -0.1) is 0 Å². The molecule has 1 aromatic carbocycles. The molecule has 132 valence electrons. The largest absolute Gasteiger partial charge is 0.435 e. The number of ether oxygens (including phenoxy) is 3. The fraction of sp³-hybridized carbons (Fsp3) is 0.562. The lowest BCUT2D eigenvalue weighted by molar-refractivity contribution is -0.0877. The number of carbonyl (C=O) groups is 1. The van der Waals surface area contributed by atoms with E-state index in [-0.39, 0.29) is 23.4 Å². The number of anilines is 1. The zero-order chi connectivity index (χ0) is 17.0. The number of hydrogen-bond acceptors (Lipinski definition) is 4. The molecule has 2 amide bonds. The van der Waals surface area contributed by atoms with Crippen molar-refractivity contribution in [1.82, 2.24) is 5.32 Å². The number of amides is 2. The summed E-state index contributed by atoms with van der Waals surface area (Å²) >= 11 is 0. The lowest BCUT2D eigenvalue weighted by Crippen LogP contribution is -2.49. The number of benzene rings is 1. The lowest BCUT2D eigenvalue weighted by Gasteiger charge is -2.37. The SMILES string of the molecule is O=C(Nc1ccc(OC(F)F)cc1)N[C@H]1CCO[C@]2(CCOC2)C1. The second kappa shape index (κ2) is 7.31. The molecule has 3 rings (SSSR count). The first-order chi connectivity index (χ1) is 11.5. The molecule has 1 spiro atoms. The minimum absolute atomic E-state index is 0.0156. The number of carbonyl (C=O) groups excluding carboxylic acids is 1. The van der Waals surface area contributed by atoms with Crippen molar-refractivity contribution in [2.45, 2.75) is 37.5 Å². The maximum absolute atomic E-state index is 12.1. The summed E-state index contributed by atoms with van der Waals surface area (Å²) in [5.74, 6) is 0.0450. The highest BCUT2D eigenvalue weighted by Gasteiger charge is 2.41. The van der Waals surface area contributed by atoms with E-state index in [2.05, 4.69) is 15.4 Å². The average Bonchev–Trinajstić information content (AvgIpc) is 2.96. The smallest absolute Gasteiger partial charge is 0.387 e. The molecule has 2 fully saturated rings. The molecular formula is C16H20F2N2O4. The van der Waals surface area contributed by atoms with Crippen LogP contribution in [0.4, 0.5) is 19.3 Å². The molecular weight excluding hydrogens is 322 g/mol. The minimum atomic E-state index is -2.87. The number of urea groups is 1. The van der Waals surface area contributed by atoms with Gasteiger partial charge in [-0.25, -0.2) is 4.79 Å². The number of hydrogen-bond donors (Lipinski definition) is 2. The molecule has 0 unspecified atom stereocenters. The predicted molar refractivity (Wildman–Crippen MR) is 82.4 cm³/mol. The zero-order valence-electron chi connectivity index (χ0n) is 13.1. The molecule has 2 atom stereocenters. The van der Waals surface area contributed by atoms with Crippen molar-refractivity contribution >= 4 is 11.7 Å². The summed E-state index contributed by atoms with van der Waals surface area (Å²) in [6.45, 7) is -1.02. The van der Waals surface area contributed by atoms with E-state index in [1.54, 1.807) is 0 Å². The average molecular weight is 342 g/mol. The van der Waals surface area contributed by atoms with Crippen LogP contribution in [0.15, 0.2) is 24.3 Å². The zero-order valence-corrected chi connectivity index (χ0v) is 13.1. The molecule has 0 aromatic heterocycles. The summed E-state index contributed by atoms with van der Waals surface area (Å²) < 4.78 is 39.7. The molecule has 2 N–H and O–H groups in total. The van der Waals surface area contributed by atoms with Gasteiger partial charge in [0.15, 0.2) is 0 Å². The Hall–Kier alpha value is -1.93. The number of halogens is 2. The highest BCUT2D eigenvalue weighted by molar-refractivity contribution is 5.89. The molecule has 8 heteroatoms. The molecule has 2 aliphatic rings. The van der Waals surface area contributed by atoms with Crippen LogP contribution in [0.5, 0.6) is 5.75 Å². The molecule has 2 saturated heterocycles. The van der Waals surface area contributed by atoms with Gasteiger partial charge in [-0.2, -0.15) is 8.78 Å². The van der Waals surface area contributed by atoms with Gasteiger partial charge in [0.2, 0.25) is 0 Å². The van der Waals surface area contributed by atoms with Gasteiger partial charge in [0.05, 0.1) is 12.2 Å². The number of rotatable bonds is 4. The third-order valence-corrected chi connectivity index (χ3v) is 4.23. The second-order valence-corrected chi connectivity index (χ2v) is 6.03. The van der Waals surface area contributed by atoms with E-state index in [1.165, 1.54) is 24.3 Å². The molecule has 24 heavy (non-hydrogen) atoms. The van der Waals surface area contributed by atoms with Crippen LogP contribution in [-0.2, 0) is 9.47 Å². The van der Waals surface area contributed by atoms with E-state index in [9.17, 15) is 13.6 Å². The summed E-state index contributed by atoms with van der Waals surface area (Å²) in [7, 11) is 0. The van der Waals surface area contributed by atoms with Gasteiger partial charge in [-0.1, -0.05) is 0 Å². The molecule has 2 aliphatic heterocycles. The van der Waals surface area contributed by atoms with E-state index >= 15 is 0 Å². The Morgan fingerprint density at radius 3 is 2.75 bits per heavy atom. The topological polar surface area (TPSA) is 68.8 Å². The number of nitrogens with one attached hydrogen (secondary N) is 2. The van der Waals surface area contributed by atoms with Crippen LogP contribution in [0.1, 0.15) is 19.3 Å². The van der Waals surface area contributed by atoms with Gasteiger partial charge in [0.1, 0.15) is 5.75 Å². The van der Waals surface area contributed by atoms with Crippen LogP contribution in [0.3, 0.4) is 0 Å². The van der Waals surface area contributed by atoms with Crippen molar-refractivity contribution < 1.29 is 27.8 Å². The van der Waals surface area contributed by atoms with Gasteiger partial charge in [-0.05, 0) is 37.1 Å². The Morgan fingerprint density at radius 2 is 2.08 bits per heavy atom. The lowest BCUT2D eigenvalue weighted by atomic mass is 9.90. The maximum Gasteiger partial charge on any atom is 0.387 e. The monoisotopic (exact) mass is 342 g/mol. The van der Waals surface area contributed by atoms with E-state index in [0.717, 1.165) is 19.3 Å². The molecule has 0 aliphatic carbocycles. The fourth-order valence-electron chi connectivity index (χ4n) is 3.09. The fourth-order valence-corrected chi connectivity index (χ4v) is 3.09. The first kappa shape index (κ1) is 16.9. The summed E-state index contributed by atoms with van der Waals surface area (Å²) in [4.78, 5) is 12.1. The van der Waals surface area contributed by atoms with Crippen molar-refractivity contribution in [1.29, 1.82) is 0 Å². The Morgan fingerprint density at radius 1 is 1.29 bits per heavy atom. The van der Waals surface area contributed by atoms with Gasteiger partial charge in [0, 0.05) is 31.4 Å². The van der Waals surface area contributed by atoms with Crippen molar-refractivity contribution in [2.24, 2.45) is 0 Å². The van der Waals surface area contributed by atoms with Gasteiger partial charge in [0.25, 0.3) is 0 Å². The molecule has 0 saturated carbocycles. The van der Waals surface area contributed by atoms with E-state index in [1.807, 2.05) is 0 Å². The molecule has 0 bridgehead atoms. The normalized spacial score (nSPS) is 26.5. The van der Waals surface area contributed by atoms with E-state index in [4.69, 9.17) is 9.47 Å². The molecule has 6 nitrogen and oxygen atoms in total. The molecule has 0 radical (unpaired) electrons. The molecule has 2 heterocycles. The van der Waals surface area contributed by atoms with Crippen LogP contribution in [-0.4, -0.2) is 44.1 Å². The third kappa shape index (κ3) is 4.33. The van der Waals surface area contributed by atoms with Crippen molar-refractivity contribution in [3.05, 3.63) is 24.3 Å². The Bertz CT molecular complexity index is 562. The highest BCUT2D eigenvalue weighted by Crippen LogP contribution is 2.32. The summed E-state index contributed by atoms with van der Waals surface area (Å²) in [5, 5.41) is 5.61. The van der Waals surface area contributed by atoms with E-state index < -0.39 is 6.61 Å². The first-order valence-corrected chi connectivity index (χ1v) is 7.89. The second-order valence-electron chi connectivity index (χ2n) is 6.03. The van der Waals surface area contributed by atoms with Crippen LogP contribution in [0.2, 0.25) is 0 Å². The Balaban J connectivity index is 1.50. The van der Waals surface area contributed by atoms with Crippen molar-refractivity contribution in [3.8, 4) is 5.75 Å². The van der Waals surface area contributed by atoms with Gasteiger partial charge < -0.3 is 24.8 Å². The van der Waals surface area contributed by atoms with Crippen LogP contribution in [0.25, 0.3) is 0 Å².